The highest BCUT2D eigenvalue weighted by Crippen LogP contribution is 2.32. The molecule has 0 saturated heterocycles. The van der Waals surface area contributed by atoms with E-state index in [0.717, 1.165) is 12.1 Å². The molecule has 1 aromatic carbocycles. The maximum atomic E-state index is 11.4. The number of benzene rings is 1. The van der Waals surface area contributed by atoms with E-state index >= 15 is 0 Å². The van der Waals surface area contributed by atoms with Crippen LogP contribution in [0.2, 0.25) is 0 Å². The van der Waals surface area contributed by atoms with E-state index in [2.05, 4.69) is 20.3 Å². The van der Waals surface area contributed by atoms with Crippen LogP contribution in [-0.4, -0.2) is 40.9 Å². The Kier molecular flexibility index (Phi) is 4.85. The number of nitrogens with one attached hydrogen (secondary N) is 1. The second-order valence-electron chi connectivity index (χ2n) is 4.90. The van der Waals surface area contributed by atoms with Crippen LogP contribution in [0.5, 0.6) is 0 Å². The first-order valence-electron chi connectivity index (χ1n) is 6.47. The van der Waals surface area contributed by atoms with Gasteiger partial charge >= 0.3 is 0 Å². The van der Waals surface area contributed by atoms with E-state index in [-0.39, 0.29) is 17.2 Å². The third-order valence-corrected chi connectivity index (χ3v) is 5.32. The fourth-order valence-corrected chi connectivity index (χ4v) is 3.10. The molecular weight excluding hydrogens is 360 g/mol. The number of anilines is 2. The number of hydrogen-bond donors (Lipinski definition) is 3. The van der Waals surface area contributed by atoms with Crippen LogP contribution in [0.1, 0.15) is 23.3 Å². The second-order valence-corrected chi connectivity index (χ2v) is 8.06. The normalized spacial score (nSPS) is 13.5. The zero-order chi connectivity index (χ0) is 18.1. The van der Waals surface area contributed by atoms with Crippen LogP contribution in [0.25, 0.3) is 0 Å². The van der Waals surface area contributed by atoms with Crippen LogP contribution in [0, 0.1) is 6.92 Å². The van der Waals surface area contributed by atoms with Crippen molar-refractivity contribution < 1.29 is 25.9 Å². The summed E-state index contributed by atoms with van der Waals surface area (Å²) in [6.45, 7) is 2.71. The Bertz CT molecular complexity index is 961. The molecule has 0 aliphatic carbocycles. The Morgan fingerprint density at radius 1 is 1.08 bits per heavy atom. The summed E-state index contributed by atoms with van der Waals surface area (Å²) in [6.07, 6.45) is 2.41. The summed E-state index contributed by atoms with van der Waals surface area (Å²) in [5, 5.41) is 1.31. The molecule has 0 aliphatic heterocycles. The molecule has 10 nitrogen and oxygen atoms in total. The van der Waals surface area contributed by atoms with E-state index in [4.69, 9.17) is 0 Å². The Labute approximate surface area is 138 Å². The van der Waals surface area contributed by atoms with E-state index in [0.29, 0.717) is 5.56 Å². The van der Waals surface area contributed by atoms with Crippen molar-refractivity contribution in [2.75, 3.05) is 5.32 Å². The van der Waals surface area contributed by atoms with Crippen LogP contribution >= 0.6 is 0 Å². The van der Waals surface area contributed by atoms with Crippen molar-refractivity contribution in [2.24, 2.45) is 0 Å². The molecule has 0 aliphatic rings. The van der Waals surface area contributed by atoms with Gasteiger partial charge in [-0.3, -0.25) is 9.11 Å². The number of nitrogens with zero attached hydrogens (tertiary/aromatic N) is 3. The Balaban J connectivity index is 2.66. The molecule has 12 heteroatoms. The van der Waals surface area contributed by atoms with E-state index in [1.807, 2.05) is 0 Å². The molecular formula is C12H14N4O6S2. The molecule has 1 heterocycles. The standard InChI is InChI=1S/C12H14N4O6S2/c1-7-10(8(2)23(17,18)19)3-9(24(20,21)22)4-11(7)16-12-14-5-13-6-15-12/h3-6,8H,1-2H3,(H,17,18,19)(H,20,21,22)(H,13,14,15,16). The SMILES string of the molecule is Cc1c(Nc2ncncn2)cc(S(=O)(=O)O)cc1C(C)S(=O)(=O)O. The van der Waals surface area contributed by atoms with Crippen LogP contribution in [0.15, 0.2) is 29.7 Å². The summed E-state index contributed by atoms with van der Waals surface area (Å²) in [5.74, 6) is 0.0889. The summed E-state index contributed by atoms with van der Waals surface area (Å²) in [5.41, 5.74) is 0.499. The van der Waals surface area contributed by atoms with Gasteiger partial charge in [-0.25, -0.2) is 15.0 Å². The van der Waals surface area contributed by atoms with Crippen LogP contribution in [-0.2, 0) is 20.2 Å². The third-order valence-electron chi connectivity index (χ3n) is 3.34. The van der Waals surface area contributed by atoms with Crippen molar-refractivity contribution >= 4 is 31.9 Å². The highest BCUT2D eigenvalue weighted by atomic mass is 32.2. The molecule has 1 unspecified atom stereocenters. The number of hydrogen-bond acceptors (Lipinski definition) is 8. The minimum atomic E-state index is -4.61. The Morgan fingerprint density at radius 2 is 1.67 bits per heavy atom. The van der Waals surface area contributed by atoms with Crippen molar-refractivity contribution in [3.63, 3.8) is 0 Å². The molecule has 0 saturated carbocycles. The van der Waals surface area contributed by atoms with E-state index in [1.165, 1.54) is 26.5 Å². The molecule has 0 spiro atoms. The first-order valence-corrected chi connectivity index (χ1v) is 9.42. The first-order chi connectivity index (χ1) is 11.0. The lowest BCUT2D eigenvalue weighted by molar-refractivity contribution is 0.470. The van der Waals surface area contributed by atoms with Crippen molar-refractivity contribution in [1.29, 1.82) is 0 Å². The molecule has 24 heavy (non-hydrogen) atoms. The zero-order valence-corrected chi connectivity index (χ0v) is 14.2. The number of aromatic nitrogens is 3. The average Bonchev–Trinajstić information content (AvgIpc) is 2.47. The van der Waals surface area contributed by atoms with Gasteiger partial charge in [0, 0.05) is 5.69 Å². The third kappa shape index (κ3) is 4.03. The van der Waals surface area contributed by atoms with Crippen molar-refractivity contribution in [1.82, 2.24) is 15.0 Å². The van der Waals surface area contributed by atoms with Crippen LogP contribution < -0.4 is 5.32 Å². The summed E-state index contributed by atoms with van der Waals surface area (Å²) in [4.78, 5) is 10.7. The molecule has 0 radical (unpaired) electrons. The molecule has 2 aromatic rings. The Hall–Kier alpha value is -2.15. The van der Waals surface area contributed by atoms with Gasteiger partial charge in [0.1, 0.15) is 17.9 Å². The highest BCUT2D eigenvalue weighted by Gasteiger charge is 2.25. The van der Waals surface area contributed by atoms with Crippen molar-refractivity contribution in [3.8, 4) is 0 Å². The van der Waals surface area contributed by atoms with Crippen molar-refractivity contribution in [2.45, 2.75) is 24.0 Å². The van der Waals surface area contributed by atoms with Gasteiger partial charge < -0.3 is 5.32 Å². The van der Waals surface area contributed by atoms with E-state index < -0.39 is 30.4 Å². The molecule has 0 bridgehead atoms. The maximum Gasteiger partial charge on any atom is 0.294 e. The molecule has 130 valence electrons. The van der Waals surface area contributed by atoms with Gasteiger partial charge in [0.25, 0.3) is 20.2 Å². The minimum Gasteiger partial charge on any atom is -0.324 e. The van der Waals surface area contributed by atoms with E-state index in [9.17, 15) is 25.9 Å². The largest absolute Gasteiger partial charge is 0.324 e. The smallest absolute Gasteiger partial charge is 0.294 e. The molecule has 1 aromatic heterocycles. The molecule has 2 rings (SSSR count). The lowest BCUT2D eigenvalue weighted by atomic mass is 10.0. The van der Waals surface area contributed by atoms with Gasteiger partial charge in [0.15, 0.2) is 0 Å². The average molecular weight is 374 g/mol. The monoisotopic (exact) mass is 374 g/mol. The quantitative estimate of drug-likeness (QED) is 0.647. The summed E-state index contributed by atoms with van der Waals surface area (Å²) in [6, 6.07) is 2.09. The summed E-state index contributed by atoms with van der Waals surface area (Å²) < 4.78 is 64.2. The molecule has 0 fully saturated rings. The maximum absolute atomic E-state index is 11.4. The van der Waals surface area contributed by atoms with Gasteiger partial charge in [0.2, 0.25) is 5.95 Å². The summed E-state index contributed by atoms with van der Waals surface area (Å²) >= 11 is 0. The van der Waals surface area contributed by atoms with Crippen LogP contribution in [0.4, 0.5) is 11.6 Å². The van der Waals surface area contributed by atoms with E-state index in [1.54, 1.807) is 0 Å². The predicted octanol–water partition coefficient (Wildman–Crippen LogP) is 1.12. The molecule has 1 atom stereocenters. The predicted molar refractivity (Wildman–Crippen MR) is 84.1 cm³/mol. The Morgan fingerprint density at radius 3 is 2.17 bits per heavy atom. The van der Waals surface area contributed by atoms with Gasteiger partial charge in [-0.1, -0.05) is 0 Å². The first kappa shape index (κ1) is 18.2. The topological polar surface area (TPSA) is 159 Å². The molecule has 0 amide bonds. The van der Waals surface area contributed by atoms with Crippen LogP contribution in [0.3, 0.4) is 0 Å². The lowest BCUT2D eigenvalue weighted by Crippen LogP contribution is -2.13. The van der Waals surface area contributed by atoms with Gasteiger partial charge in [-0.2, -0.15) is 16.8 Å². The molecule has 3 N–H and O–H groups in total. The highest BCUT2D eigenvalue weighted by molar-refractivity contribution is 7.86. The number of rotatable bonds is 5. The van der Waals surface area contributed by atoms with Crippen molar-refractivity contribution in [3.05, 3.63) is 35.9 Å². The summed E-state index contributed by atoms with van der Waals surface area (Å²) in [7, 11) is -9.08. The fourth-order valence-electron chi connectivity index (χ4n) is 1.99. The fraction of sp³-hybridized carbons (Fsp3) is 0.250. The zero-order valence-electron chi connectivity index (χ0n) is 12.6. The van der Waals surface area contributed by atoms with Gasteiger partial charge in [-0.05, 0) is 37.1 Å². The van der Waals surface area contributed by atoms with Gasteiger partial charge in [-0.15, -0.1) is 0 Å². The second kappa shape index (κ2) is 6.39. The van der Waals surface area contributed by atoms with Gasteiger partial charge in [0.05, 0.1) is 4.90 Å². The minimum absolute atomic E-state index is 0.00387. The lowest BCUT2D eigenvalue weighted by Gasteiger charge is -2.17.